The van der Waals surface area contributed by atoms with Gasteiger partial charge in [-0.2, -0.15) is 0 Å². The number of rotatable bonds is 6. The molecule has 1 aliphatic rings. The third kappa shape index (κ3) is 5.46. The topological polar surface area (TPSA) is 17.3 Å². The van der Waals surface area contributed by atoms with E-state index in [1.807, 2.05) is 18.2 Å². The van der Waals surface area contributed by atoms with Crippen LogP contribution in [0, 0.1) is 0 Å². The first kappa shape index (κ1) is 33.7. The van der Waals surface area contributed by atoms with Crippen LogP contribution in [0.25, 0.3) is 94.1 Å². The molecule has 0 saturated heterocycles. The average Bonchev–Trinajstić information content (AvgIpc) is 3.77. The summed E-state index contributed by atoms with van der Waals surface area (Å²) in [6.45, 7) is 14.6. The van der Waals surface area contributed by atoms with E-state index in [9.17, 15) is 0 Å². The summed E-state index contributed by atoms with van der Waals surface area (Å²) in [5, 5.41) is 8.21. The van der Waals surface area contributed by atoms with E-state index in [4.69, 9.17) is 4.98 Å². The lowest BCUT2D eigenvalue weighted by atomic mass is 9.82. The molecule has 0 amide bonds. The van der Waals surface area contributed by atoms with Crippen molar-refractivity contribution in [3.8, 4) is 66.9 Å². The molecule has 0 fully saturated rings. The number of aromatic nitrogens is 2. The molecule has 2 aromatic heterocycles. The number of benzene rings is 7. The molecule has 55 heavy (non-hydrogen) atoms. The van der Waals surface area contributed by atoms with E-state index in [0.717, 1.165) is 16.9 Å². The van der Waals surface area contributed by atoms with Gasteiger partial charge in [0, 0.05) is 18.0 Å². The summed E-state index contributed by atoms with van der Waals surface area (Å²) in [7, 11) is -2.93. The van der Waals surface area contributed by atoms with Crippen molar-refractivity contribution in [2.45, 2.75) is 39.3 Å². The highest BCUT2D eigenvalue weighted by Gasteiger charge is 2.31. The predicted molar refractivity (Wildman–Crippen MR) is 242 cm³/mol. The van der Waals surface area contributed by atoms with Gasteiger partial charge in [-0.3, -0.25) is 0 Å². The van der Waals surface area contributed by atoms with Gasteiger partial charge in [0.15, 0.2) is 0 Å². The molecule has 1 aliphatic carbocycles. The predicted octanol–water partition coefficient (Wildman–Crippen LogP) is 13.0. The fraction of sp³-hybridized carbons (Fsp3) is 0.118. The standard InChI is InChI=1S/C51H44N2Si2/c1-54(2,3)37-25-21-35(22-26-37)47-41-12-7-8-13-42(41)48(36-23-27-38(28-24-36)55(4,5)6)51-44-30-29-39(40-14-11-15-43(49(40)44)50(47)51)33-17-19-34(20-18-33)45-32-53-31-10-9-16-46(53)52-45/h7-32H,1-6H3. The quantitative estimate of drug-likeness (QED) is 0.155. The molecular formula is C51H44N2Si2. The van der Waals surface area contributed by atoms with Crippen molar-refractivity contribution in [1.82, 2.24) is 9.38 Å². The van der Waals surface area contributed by atoms with Crippen LogP contribution in [0.3, 0.4) is 0 Å². The number of hydrogen-bond acceptors (Lipinski definition) is 1. The van der Waals surface area contributed by atoms with E-state index in [2.05, 4.69) is 183 Å². The summed E-state index contributed by atoms with van der Waals surface area (Å²) in [5.41, 5.74) is 16.1. The lowest BCUT2D eigenvalue weighted by Gasteiger charge is -2.22. The molecule has 0 saturated carbocycles. The number of hydrogen-bond donors (Lipinski definition) is 0. The third-order valence-corrected chi connectivity index (χ3v) is 15.9. The fourth-order valence-electron chi connectivity index (χ4n) is 8.82. The molecule has 266 valence electrons. The van der Waals surface area contributed by atoms with Crippen molar-refractivity contribution in [2.75, 3.05) is 0 Å². The highest BCUT2D eigenvalue weighted by atomic mass is 28.3. The van der Waals surface area contributed by atoms with Crippen molar-refractivity contribution in [3.05, 3.63) is 158 Å². The Labute approximate surface area is 325 Å². The van der Waals surface area contributed by atoms with Gasteiger partial charge in [-0.15, -0.1) is 0 Å². The third-order valence-electron chi connectivity index (χ3n) is 11.7. The molecule has 0 N–H and O–H groups in total. The first-order valence-electron chi connectivity index (χ1n) is 19.5. The minimum absolute atomic E-state index is 0.957. The van der Waals surface area contributed by atoms with Gasteiger partial charge in [-0.05, 0) is 89.3 Å². The Morgan fingerprint density at radius 1 is 0.400 bits per heavy atom. The first-order chi connectivity index (χ1) is 26.5. The van der Waals surface area contributed by atoms with Gasteiger partial charge in [0.2, 0.25) is 0 Å². The lowest BCUT2D eigenvalue weighted by molar-refractivity contribution is 1.19. The molecule has 0 bridgehead atoms. The van der Waals surface area contributed by atoms with Crippen LogP contribution in [-0.2, 0) is 0 Å². The van der Waals surface area contributed by atoms with Crippen molar-refractivity contribution in [2.24, 2.45) is 0 Å². The summed E-state index contributed by atoms with van der Waals surface area (Å²) in [4.78, 5) is 4.88. The van der Waals surface area contributed by atoms with Crippen LogP contribution >= 0.6 is 0 Å². The van der Waals surface area contributed by atoms with E-state index in [0.29, 0.717) is 0 Å². The van der Waals surface area contributed by atoms with Crippen LogP contribution in [-0.4, -0.2) is 25.5 Å². The fourth-order valence-corrected chi connectivity index (χ4v) is 11.2. The van der Waals surface area contributed by atoms with Gasteiger partial charge in [0.25, 0.3) is 0 Å². The molecule has 4 heteroatoms. The van der Waals surface area contributed by atoms with Crippen LogP contribution < -0.4 is 10.4 Å². The maximum absolute atomic E-state index is 4.88. The monoisotopic (exact) mass is 740 g/mol. The molecule has 0 radical (unpaired) electrons. The number of imidazole rings is 1. The van der Waals surface area contributed by atoms with Crippen LogP contribution in [0.15, 0.2) is 158 Å². The number of nitrogens with zero attached hydrogens (tertiary/aromatic N) is 2. The zero-order chi connectivity index (χ0) is 37.6. The summed E-state index contributed by atoms with van der Waals surface area (Å²) in [6.07, 6.45) is 4.16. The normalized spacial score (nSPS) is 12.5. The van der Waals surface area contributed by atoms with E-state index in [1.54, 1.807) is 0 Å². The zero-order valence-electron chi connectivity index (χ0n) is 32.4. The summed E-state index contributed by atoms with van der Waals surface area (Å²) >= 11 is 0. The molecule has 2 nitrogen and oxygen atoms in total. The van der Waals surface area contributed by atoms with Crippen molar-refractivity contribution in [3.63, 3.8) is 0 Å². The van der Waals surface area contributed by atoms with Gasteiger partial charge >= 0.3 is 0 Å². The summed E-state index contributed by atoms with van der Waals surface area (Å²) < 4.78 is 2.08. The van der Waals surface area contributed by atoms with Crippen LogP contribution in [0.2, 0.25) is 39.3 Å². The Bertz CT molecular complexity index is 2820. The summed E-state index contributed by atoms with van der Waals surface area (Å²) in [6, 6.07) is 55.0. The SMILES string of the molecule is C[Si](C)(C)c1ccc(-c2c3c(c(-c4ccc([Si](C)(C)C)cc4)c4ccccc24)-c2ccc(-c4ccc(-c5cn6ccccc6n5)cc4)c4cccc-3c24)cc1. The van der Waals surface area contributed by atoms with E-state index in [-0.39, 0.29) is 0 Å². The first-order valence-corrected chi connectivity index (χ1v) is 26.5. The highest BCUT2D eigenvalue weighted by molar-refractivity contribution is 6.89. The van der Waals surface area contributed by atoms with Crippen molar-refractivity contribution < 1.29 is 0 Å². The van der Waals surface area contributed by atoms with Gasteiger partial charge in [0.05, 0.1) is 21.8 Å². The minimum Gasteiger partial charge on any atom is -0.306 e. The maximum Gasteiger partial charge on any atom is 0.137 e. The van der Waals surface area contributed by atoms with Gasteiger partial charge < -0.3 is 4.40 Å². The molecule has 2 heterocycles. The lowest BCUT2D eigenvalue weighted by Crippen LogP contribution is -2.37. The van der Waals surface area contributed by atoms with E-state index >= 15 is 0 Å². The van der Waals surface area contributed by atoms with Crippen LogP contribution in [0.4, 0.5) is 0 Å². The van der Waals surface area contributed by atoms with E-state index in [1.165, 1.54) is 87.6 Å². The Hall–Kier alpha value is -5.82. The highest BCUT2D eigenvalue weighted by Crippen LogP contribution is 2.58. The Morgan fingerprint density at radius 2 is 0.891 bits per heavy atom. The number of pyridine rings is 1. The Morgan fingerprint density at radius 3 is 1.45 bits per heavy atom. The molecule has 9 aromatic rings. The van der Waals surface area contributed by atoms with E-state index < -0.39 is 16.1 Å². The van der Waals surface area contributed by atoms with Crippen molar-refractivity contribution >= 4 is 53.7 Å². The molecule has 10 rings (SSSR count). The number of fused-ring (bicyclic) bond motifs is 5. The Kier molecular flexibility index (Phi) is 7.58. The maximum atomic E-state index is 4.88. The van der Waals surface area contributed by atoms with Crippen molar-refractivity contribution in [1.29, 1.82) is 0 Å². The van der Waals surface area contributed by atoms with Gasteiger partial charge in [0.1, 0.15) is 5.65 Å². The average molecular weight is 741 g/mol. The molecule has 0 unspecified atom stereocenters. The molecule has 0 spiro atoms. The minimum atomic E-state index is -1.47. The van der Waals surface area contributed by atoms with Crippen LogP contribution in [0.5, 0.6) is 0 Å². The zero-order valence-corrected chi connectivity index (χ0v) is 34.4. The smallest absolute Gasteiger partial charge is 0.137 e. The summed E-state index contributed by atoms with van der Waals surface area (Å²) in [5.74, 6) is 0. The molecule has 7 aromatic carbocycles. The molecular weight excluding hydrogens is 697 g/mol. The van der Waals surface area contributed by atoms with Gasteiger partial charge in [-0.1, -0.05) is 183 Å². The van der Waals surface area contributed by atoms with Crippen LogP contribution in [0.1, 0.15) is 0 Å². The van der Waals surface area contributed by atoms with Gasteiger partial charge in [-0.25, -0.2) is 4.98 Å². The second-order valence-electron chi connectivity index (χ2n) is 17.3. The molecule has 0 aliphatic heterocycles. The second-order valence-corrected chi connectivity index (χ2v) is 27.4. The largest absolute Gasteiger partial charge is 0.306 e. The second kappa shape index (κ2) is 12.4. The Balaban J connectivity index is 1.21. The molecule has 0 atom stereocenters.